The Bertz CT molecular complexity index is 461. The van der Waals surface area contributed by atoms with E-state index in [-0.39, 0.29) is 0 Å². The Morgan fingerprint density at radius 1 is 1.07 bits per heavy atom. The summed E-state index contributed by atoms with van der Waals surface area (Å²) in [5.41, 5.74) is 1.12. The van der Waals surface area contributed by atoms with E-state index in [1.165, 1.54) is 0 Å². The van der Waals surface area contributed by atoms with Crippen LogP contribution in [0.1, 0.15) is 5.82 Å². The number of hydrogen-bond donors (Lipinski definition) is 0. The molecular formula is C11H11N4. The molecule has 0 bridgehead atoms. The third-order valence-corrected chi connectivity index (χ3v) is 2.59. The summed E-state index contributed by atoms with van der Waals surface area (Å²) < 4.78 is 2.16. The van der Waals surface area contributed by atoms with Crippen molar-refractivity contribution in [2.24, 2.45) is 0 Å². The molecule has 1 aromatic carbocycles. The lowest BCUT2D eigenvalue weighted by atomic mass is 10.2. The molecule has 0 atom stereocenters. The standard InChI is InChI=1S/C11H11N4/c1-2-4-9(5-3-1)11-14-13-10-8-12-6-7-15(10)11/h1-5H,6-8H2. The summed E-state index contributed by atoms with van der Waals surface area (Å²) in [7, 11) is 0. The number of hydrogen-bond acceptors (Lipinski definition) is 2. The fourth-order valence-electron chi connectivity index (χ4n) is 1.84. The van der Waals surface area contributed by atoms with Crippen molar-refractivity contribution in [3.05, 3.63) is 36.2 Å². The van der Waals surface area contributed by atoms with Crippen molar-refractivity contribution >= 4 is 0 Å². The van der Waals surface area contributed by atoms with Crippen LogP contribution in [0.3, 0.4) is 0 Å². The van der Waals surface area contributed by atoms with Crippen LogP contribution in [-0.4, -0.2) is 21.3 Å². The largest absolute Gasteiger partial charge is 0.309 e. The first-order chi connectivity index (χ1) is 7.45. The molecule has 0 aliphatic carbocycles. The Balaban J connectivity index is 2.09. The fourth-order valence-corrected chi connectivity index (χ4v) is 1.84. The fraction of sp³-hybridized carbons (Fsp3) is 0.273. The van der Waals surface area contributed by atoms with E-state index in [4.69, 9.17) is 0 Å². The van der Waals surface area contributed by atoms with Crippen LogP contribution in [0.4, 0.5) is 0 Å². The molecular weight excluding hydrogens is 188 g/mol. The smallest absolute Gasteiger partial charge is 0.164 e. The van der Waals surface area contributed by atoms with Crippen LogP contribution >= 0.6 is 0 Å². The topological polar surface area (TPSA) is 44.8 Å². The predicted molar refractivity (Wildman–Crippen MR) is 56.2 cm³/mol. The number of aromatic nitrogens is 3. The van der Waals surface area contributed by atoms with Crippen molar-refractivity contribution in [2.75, 3.05) is 6.54 Å². The Morgan fingerprint density at radius 2 is 1.93 bits per heavy atom. The van der Waals surface area contributed by atoms with Crippen LogP contribution in [0.5, 0.6) is 0 Å². The van der Waals surface area contributed by atoms with Gasteiger partial charge in [0.2, 0.25) is 0 Å². The quantitative estimate of drug-likeness (QED) is 0.689. The zero-order chi connectivity index (χ0) is 10.1. The maximum atomic E-state index is 4.30. The van der Waals surface area contributed by atoms with Gasteiger partial charge in [0.25, 0.3) is 0 Å². The Hall–Kier alpha value is -1.68. The molecule has 4 heteroatoms. The van der Waals surface area contributed by atoms with Crippen molar-refractivity contribution in [1.29, 1.82) is 0 Å². The zero-order valence-electron chi connectivity index (χ0n) is 8.30. The first-order valence-electron chi connectivity index (χ1n) is 5.06. The van der Waals surface area contributed by atoms with Crippen molar-refractivity contribution in [3.63, 3.8) is 0 Å². The normalized spacial score (nSPS) is 14.9. The molecule has 15 heavy (non-hydrogen) atoms. The average Bonchev–Trinajstić information content (AvgIpc) is 2.74. The summed E-state index contributed by atoms with van der Waals surface area (Å²) >= 11 is 0. The van der Waals surface area contributed by atoms with Gasteiger partial charge in [0.15, 0.2) is 5.82 Å². The first kappa shape index (κ1) is 8.61. The van der Waals surface area contributed by atoms with Crippen molar-refractivity contribution in [3.8, 4) is 11.4 Å². The molecule has 75 valence electrons. The molecule has 2 heterocycles. The molecule has 0 saturated carbocycles. The van der Waals surface area contributed by atoms with Gasteiger partial charge >= 0.3 is 0 Å². The maximum absolute atomic E-state index is 4.30. The van der Waals surface area contributed by atoms with Gasteiger partial charge in [-0.25, -0.2) is 5.32 Å². The van der Waals surface area contributed by atoms with Gasteiger partial charge in [0.05, 0.1) is 6.54 Å². The molecule has 2 aromatic rings. The van der Waals surface area contributed by atoms with E-state index in [1.807, 2.05) is 18.2 Å². The average molecular weight is 199 g/mol. The summed E-state index contributed by atoms with van der Waals surface area (Å²) in [6.07, 6.45) is 0. The molecule has 1 aromatic heterocycles. The van der Waals surface area contributed by atoms with Gasteiger partial charge < -0.3 is 4.57 Å². The number of benzene rings is 1. The third-order valence-electron chi connectivity index (χ3n) is 2.59. The van der Waals surface area contributed by atoms with Crippen LogP contribution in [0.25, 0.3) is 11.4 Å². The second-order valence-electron chi connectivity index (χ2n) is 3.56. The summed E-state index contributed by atoms with van der Waals surface area (Å²) in [6, 6.07) is 10.2. The highest BCUT2D eigenvalue weighted by atomic mass is 15.3. The van der Waals surface area contributed by atoms with Crippen LogP contribution < -0.4 is 5.32 Å². The lowest BCUT2D eigenvalue weighted by Gasteiger charge is -2.14. The van der Waals surface area contributed by atoms with Gasteiger partial charge in [-0.2, -0.15) is 0 Å². The van der Waals surface area contributed by atoms with Gasteiger partial charge in [-0.1, -0.05) is 30.3 Å². The molecule has 0 unspecified atom stereocenters. The summed E-state index contributed by atoms with van der Waals surface area (Å²) in [5.74, 6) is 1.93. The molecule has 3 rings (SSSR count). The van der Waals surface area contributed by atoms with E-state index in [2.05, 4.69) is 32.2 Å². The van der Waals surface area contributed by atoms with Gasteiger partial charge in [-0.15, -0.1) is 10.2 Å². The second-order valence-corrected chi connectivity index (χ2v) is 3.56. The number of nitrogens with zero attached hydrogens (tertiary/aromatic N) is 4. The van der Waals surface area contributed by atoms with Gasteiger partial charge in [0, 0.05) is 18.7 Å². The molecule has 1 aliphatic heterocycles. The molecule has 0 fully saturated rings. The Kier molecular flexibility index (Phi) is 1.99. The predicted octanol–water partition coefficient (Wildman–Crippen LogP) is 1.06. The summed E-state index contributed by atoms with van der Waals surface area (Å²) in [4.78, 5) is 0. The molecule has 0 spiro atoms. The van der Waals surface area contributed by atoms with Crippen molar-refractivity contribution in [2.45, 2.75) is 13.1 Å². The van der Waals surface area contributed by atoms with E-state index >= 15 is 0 Å². The van der Waals surface area contributed by atoms with E-state index in [9.17, 15) is 0 Å². The lowest BCUT2D eigenvalue weighted by molar-refractivity contribution is 0.500. The lowest BCUT2D eigenvalue weighted by Crippen LogP contribution is -2.23. The molecule has 0 saturated heterocycles. The highest BCUT2D eigenvalue weighted by Gasteiger charge is 2.16. The van der Waals surface area contributed by atoms with E-state index < -0.39 is 0 Å². The minimum absolute atomic E-state index is 0.694. The van der Waals surface area contributed by atoms with Gasteiger partial charge in [-0.3, -0.25) is 0 Å². The monoisotopic (exact) mass is 199 g/mol. The maximum Gasteiger partial charge on any atom is 0.164 e. The summed E-state index contributed by atoms with van der Waals surface area (Å²) in [5, 5.41) is 12.7. The highest BCUT2D eigenvalue weighted by molar-refractivity contribution is 5.55. The minimum Gasteiger partial charge on any atom is -0.309 e. The molecule has 0 amide bonds. The molecule has 4 nitrogen and oxygen atoms in total. The molecule has 1 radical (unpaired) electrons. The Morgan fingerprint density at radius 3 is 2.80 bits per heavy atom. The first-order valence-corrected chi connectivity index (χ1v) is 5.06. The van der Waals surface area contributed by atoms with E-state index in [0.717, 1.165) is 30.3 Å². The molecule has 0 N–H and O–H groups in total. The summed E-state index contributed by atoms with van der Waals surface area (Å²) in [6.45, 7) is 2.46. The minimum atomic E-state index is 0.694. The third kappa shape index (κ3) is 1.43. The Labute approximate surface area is 88.0 Å². The van der Waals surface area contributed by atoms with Crippen molar-refractivity contribution in [1.82, 2.24) is 20.1 Å². The van der Waals surface area contributed by atoms with Crippen LogP contribution in [0.15, 0.2) is 30.3 Å². The van der Waals surface area contributed by atoms with Gasteiger partial charge in [-0.05, 0) is 0 Å². The van der Waals surface area contributed by atoms with Crippen LogP contribution in [0, 0.1) is 0 Å². The van der Waals surface area contributed by atoms with E-state index in [0.29, 0.717) is 6.54 Å². The van der Waals surface area contributed by atoms with Crippen LogP contribution in [-0.2, 0) is 13.1 Å². The van der Waals surface area contributed by atoms with Gasteiger partial charge in [0.1, 0.15) is 5.82 Å². The number of fused-ring (bicyclic) bond motifs is 1. The molecule has 1 aliphatic rings. The number of rotatable bonds is 1. The zero-order valence-corrected chi connectivity index (χ0v) is 8.30. The van der Waals surface area contributed by atoms with Crippen molar-refractivity contribution < 1.29 is 0 Å². The van der Waals surface area contributed by atoms with Crippen LogP contribution in [0.2, 0.25) is 0 Å². The van der Waals surface area contributed by atoms with E-state index in [1.54, 1.807) is 0 Å². The highest BCUT2D eigenvalue weighted by Crippen LogP contribution is 2.19. The SMILES string of the molecule is c1ccc(-c2nnc3n2CC[N]C3)cc1. The second kappa shape index (κ2) is 3.47.